The molecule has 0 aromatic rings. The molecular weight excluding hydrogens is 384 g/mol. The van der Waals surface area contributed by atoms with Gasteiger partial charge in [0.05, 0.1) is 17.8 Å². The third kappa shape index (κ3) is 5.10. The minimum Gasteiger partial charge on any atom is -0.393 e. The average Bonchev–Trinajstić information content (AvgIpc) is 3.10. The van der Waals surface area contributed by atoms with E-state index in [-0.39, 0.29) is 0 Å². The molecule has 0 spiro atoms. The van der Waals surface area contributed by atoms with Crippen LogP contribution < -0.4 is 0 Å². The van der Waals surface area contributed by atoms with Crippen LogP contribution in [-0.4, -0.2) is 33.1 Å². The van der Waals surface area contributed by atoms with E-state index in [1.54, 1.807) is 0 Å². The Balaban J connectivity index is 1.78. The summed E-state index contributed by atoms with van der Waals surface area (Å²) >= 11 is 0. The van der Waals surface area contributed by atoms with Crippen LogP contribution in [-0.2, 0) is 0 Å². The average molecular weight is 429 g/mol. The molecule has 6 atom stereocenters. The Labute approximate surface area is 189 Å². The second-order valence-electron chi connectivity index (χ2n) is 10.7. The summed E-state index contributed by atoms with van der Waals surface area (Å²) in [7, 11) is 0. The highest BCUT2D eigenvalue weighted by molar-refractivity contribution is 5.38. The largest absolute Gasteiger partial charge is 0.393 e. The van der Waals surface area contributed by atoms with Crippen molar-refractivity contribution in [3.8, 4) is 0 Å². The molecule has 3 saturated carbocycles. The first-order valence-corrected chi connectivity index (χ1v) is 12.5. The summed E-state index contributed by atoms with van der Waals surface area (Å²) in [5.41, 5.74) is 2.92. The van der Waals surface area contributed by atoms with Gasteiger partial charge in [-0.05, 0) is 85.7 Å². The smallest absolute Gasteiger partial charge is 0.0822 e. The number of allylic oxidation sites excluding steroid dienone is 4. The number of aliphatic hydroxyl groups excluding tert-OH is 2. The van der Waals surface area contributed by atoms with Gasteiger partial charge in [0, 0.05) is 6.42 Å². The molecule has 0 bridgehead atoms. The lowest BCUT2D eigenvalue weighted by Gasteiger charge is -2.44. The van der Waals surface area contributed by atoms with Crippen LogP contribution in [0.1, 0.15) is 85.5 Å². The van der Waals surface area contributed by atoms with E-state index in [1.807, 2.05) is 0 Å². The minimum absolute atomic E-state index is 0.297. The van der Waals surface area contributed by atoms with E-state index in [2.05, 4.69) is 58.6 Å². The third-order valence-electron chi connectivity index (χ3n) is 8.87. The van der Waals surface area contributed by atoms with Crippen LogP contribution in [0, 0.1) is 23.2 Å². The van der Waals surface area contributed by atoms with Gasteiger partial charge in [0.1, 0.15) is 0 Å². The lowest BCUT2D eigenvalue weighted by Crippen LogP contribution is -2.35. The molecule has 3 rings (SSSR count). The molecule has 174 valence electrons. The topological polar surface area (TPSA) is 60.7 Å². The molecule has 3 nitrogen and oxygen atoms in total. The maximum Gasteiger partial charge on any atom is 0.0822 e. The summed E-state index contributed by atoms with van der Waals surface area (Å²) in [6, 6.07) is 0. The predicted octanol–water partition coefficient (Wildman–Crippen LogP) is 5.87. The van der Waals surface area contributed by atoms with Gasteiger partial charge in [-0.1, -0.05) is 64.2 Å². The molecule has 3 N–H and O–H groups in total. The van der Waals surface area contributed by atoms with E-state index in [1.165, 1.54) is 31.3 Å². The monoisotopic (exact) mass is 428 g/mol. The Morgan fingerprint density at radius 1 is 1.19 bits per heavy atom. The van der Waals surface area contributed by atoms with Crippen LogP contribution in [0.4, 0.5) is 0 Å². The minimum atomic E-state index is -0.672. The lowest BCUT2D eigenvalue weighted by molar-refractivity contribution is 0.0799. The molecule has 3 aliphatic rings. The standard InChI is InChI=1S/C28H44O3/c1-6-28(31,7-2)16-14-19(3)24-12-13-25-21(9-8-15-27(24,25)5)10-11-22-17-23(29)18-26(30)20(22)4/h10-11,14,16,19,23-26,29-31H,4,6-9,12-13,15,17-18H2,1-3,5H3/b16-14+,21-10+,22-11-/t19-,23-,24?,25+,26+,27-/m1/s1. The molecule has 0 radical (unpaired) electrons. The molecule has 0 amide bonds. The van der Waals surface area contributed by atoms with Gasteiger partial charge >= 0.3 is 0 Å². The maximum atomic E-state index is 10.7. The fraction of sp³-hybridized carbons (Fsp3) is 0.714. The summed E-state index contributed by atoms with van der Waals surface area (Å²) in [6.45, 7) is 13.0. The van der Waals surface area contributed by atoms with E-state index in [4.69, 9.17) is 0 Å². The fourth-order valence-corrected chi connectivity index (χ4v) is 6.56. The zero-order valence-electron chi connectivity index (χ0n) is 20.1. The SMILES string of the molecule is C=C1/C(=C\C=C2/CCC[C@]3(C)C([C@H](C)/C=C/C(O)(CC)CC)CC[C@@H]23)C[C@@H](O)C[C@@H]1O. The van der Waals surface area contributed by atoms with Crippen LogP contribution >= 0.6 is 0 Å². The summed E-state index contributed by atoms with van der Waals surface area (Å²) in [5.74, 6) is 1.69. The van der Waals surface area contributed by atoms with Crippen molar-refractivity contribution in [1.82, 2.24) is 0 Å². The third-order valence-corrected chi connectivity index (χ3v) is 8.87. The van der Waals surface area contributed by atoms with Crippen molar-refractivity contribution >= 4 is 0 Å². The highest BCUT2D eigenvalue weighted by Gasteiger charge is 2.50. The molecule has 31 heavy (non-hydrogen) atoms. The van der Waals surface area contributed by atoms with Gasteiger partial charge in [-0.15, -0.1) is 0 Å². The van der Waals surface area contributed by atoms with Gasteiger partial charge in [-0.2, -0.15) is 0 Å². The quantitative estimate of drug-likeness (QED) is 0.464. The van der Waals surface area contributed by atoms with Crippen LogP contribution in [0.2, 0.25) is 0 Å². The van der Waals surface area contributed by atoms with E-state index < -0.39 is 17.8 Å². The first-order chi connectivity index (χ1) is 14.6. The van der Waals surface area contributed by atoms with E-state index in [9.17, 15) is 15.3 Å². The highest BCUT2D eigenvalue weighted by atomic mass is 16.3. The first kappa shape index (κ1) is 24.5. The second kappa shape index (κ2) is 9.77. The van der Waals surface area contributed by atoms with E-state index in [0.29, 0.717) is 36.0 Å². The summed E-state index contributed by atoms with van der Waals surface area (Å²) < 4.78 is 0. The van der Waals surface area contributed by atoms with Crippen LogP contribution in [0.15, 0.2) is 47.6 Å². The molecule has 1 unspecified atom stereocenters. The molecule has 0 aliphatic heterocycles. The van der Waals surface area contributed by atoms with Gasteiger partial charge in [-0.25, -0.2) is 0 Å². The Morgan fingerprint density at radius 2 is 1.90 bits per heavy atom. The highest BCUT2D eigenvalue weighted by Crippen LogP contribution is 2.59. The van der Waals surface area contributed by atoms with Crippen molar-refractivity contribution < 1.29 is 15.3 Å². The summed E-state index contributed by atoms with van der Waals surface area (Å²) in [6.07, 6.45) is 16.2. The number of hydrogen-bond acceptors (Lipinski definition) is 3. The Kier molecular flexibility index (Phi) is 7.71. The zero-order valence-corrected chi connectivity index (χ0v) is 20.1. The number of hydrogen-bond donors (Lipinski definition) is 3. The zero-order chi connectivity index (χ0) is 22.8. The predicted molar refractivity (Wildman–Crippen MR) is 129 cm³/mol. The number of aliphatic hydroxyl groups is 3. The Hall–Kier alpha value is -1.16. The van der Waals surface area contributed by atoms with Crippen molar-refractivity contribution in [2.45, 2.75) is 103 Å². The van der Waals surface area contributed by atoms with Crippen molar-refractivity contribution in [2.75, 3.05) is 0 Å². The molecule has 0 aromatic heterocycles. The molecule has 0 aromatic carbocycles. The van der Waals surface area contributed by atoms with Crippen LogP contribution in [0.5, 0.6) is 0 Å². The molecule has 0 saturated heterocycles. The molecule has 0 heterocycles. The van der Waals surface area contributed by atoms with E-state index in [0.717, 1.165) is 30.4 Å². The van der Waals surface area contributed by atoms with Crippen molar-refractivity contribution in [1.29, 1.82) is 0 Å². The van der Waals surface area contributed by atoms with E-state index >= 15 is 0 Å². The molecule has 3 fully saturated rings. The van der Waals surface area contributed by atoms with Crippen molar-refractivity contribution in [2.24, 2.45) is 23.2 Å². The summed E-state index contributed by atoms with van der Waals surface area (Å²) in [4.78, 5) is 0. The van der Waals surface area contributed by atoms with Crippen LogP contribution in [0.3, 0.4) is 0 Å². The normalized spacial score (nSPS) is 38.2. The Morgan fingerprint density at radius 3 is 2.58 bits per heavy atom. The molecule has 3 aliphatic carbocycles. The Bertz CT molecular complexity index is 741. The fourth-order valence-electron chi connectivity index (χ4n) is 6.56. The molecule has 3 heteroatoms. The van der Waals surface area contributed by atoms with Gasteiger partial charge in [0.2, 0.25) is 0 Å². The number of fused-ring (bicyclic) bond motifs is 1. The maximum absolute atomic E-state index is 10.7. The first-order valence-electron chi connectivity index (χ1n) is 12.5. The molecular formula is C28H44O3. The van der Waals surface area contributed by atoms with Gasteiger partial charge in [-0.3, -0.25) is 0 Å². The van der Waals surface area contributed by atoms with Crippen molar-refractivity contribution in [3.05, 3.63) is 47.6 Å². The second-order valence-corrected chi connectivity index (χ2v) is 10.7. The van der Waals surface area contributed by atoms with Crippen molar-refractivity contribution in [3.63, 3.8) is 0 Å². The van der Waals surface area contributed by atoms with Gasteiger partial charge in [0.15, 0.2) is 0 Å². The van der Waals surface area contributed by atoms with Crippen LogP contribution in [0.25, 0.3) is 0 Å². The summed E-state index contributed by atoms with van der Waals surface area (Å²) in [5, 5.41) is 30.9. The van der Waals surface area contributed by atoms with Gasteiger partial charge < -0.3 is 15.3 Å². The number of rotatable bonds is 6. The van der Waals surface area contributed by atoms with Gasteiger partial charge in [0.25, 0.3) is 0 Å². The lowest BCUT2D eigenvalue weighted by atomic mass is 9.61.